The molecule has 2 aromatic rings. The summed E-state index contributed by atoms with van der Waals surface area (Å²) in [6.07, 6.45) is 4.87. The average molecular weight is 375 g/mol. The molecule has 0 aliphatic carbocycles. The number of thiophene rings is 1. The molecule has 2 aromatic heterocycles. The van der Waals surface area contributed by atoms with Gasteiger partial charge in [-0.05, 0) is 24.4 Å². The number of ether oxygens (including phenoxy) is 3. The fourth-order valence-corrected chi connectivity index (χ4v) is 4.26. The molecule has 4 rings (SSSR count). The Morgan fingerprint density at radius 1 is 1.42 bits per heavy atom. The van der Waals surface area contributed by atoms with E-state index in [2.05, 4.69) is 9.97 Å². The van der Waals surface area contributed by atoms with Crippen molar-refractivity contribution in [1.82, 2.24) is 14.9 Å². The first-order valence-corrected chi connectivity index (χ1v) is 9.64. The summed E-state index contributed by atoms with van der Waals surface area (Å²) < 4.78 is 17.4. The van der Waals surface area contributed by atoms with Crippen molar-refractivity contribution in [3.8, 4) is 11.8 Å². The lowest BCUT2D eigenvalue weighted by molar-refractivity contribution is -0.174. The van der Waals surface area contributed by atoms with Crippen LogP contribution in [0.4, 0.5) is 0 Å². The smallest absolute Gasteiger partial charge is 0.316 e. The van der Waals surface area contributed by atoms with Gasteiger partial charge in [-0.1, -0.05) is 0 Å². The maximum absolute atomic E-state index is 12.7. The number of aromatic nitrogens is 2. The number of carbonyl (C=O) groups excluding carboxylic acids is 1. The summed E-state index contributed by atoms with van der Waals surface area (Å²) in [7, 11) is 0. The lowest BCUT2D eigenvalue weighted by Gasteiger charge is -2.52. The summed E-state index contributed by atoms with van der Waals surface area (Å²) in [5, 5.41) is 1.88. The molecule has 0 aromatic carbocycles. The summed E-state index contributed by atoms with van der Waals surface area (Å²) in [6, 6.07) is 3.99. The van der Waals surface area contributed by atoms with Gasteiger partial charge in [-0.15, -0.1) is 11.3 Å². The van der Waals surface area contributed by atoms with Crippen molar-refractivity contribution < 1.29 is 19.0 Å². The van der Waals surface area contributed by atoms with Crippen molar-refractivity contribution in [3.63, 3.8) is 0 Å². The zero-order valence-corrected chi connectivity index (χ0v) is 15.4. The van der Waals surface area contributed by atoms with Crippen molar-refractivity contribution >= 4 is 17.2 Å². The van der Waals surface area contributed by atoms with Crippen LogP contribution in [0.15, 0.2) is 29.9 Å². The van der Waals surface area contributed by atoms with Gasteiger partial charge in [0.1, 0.15) is 22.3 Å². The normalized spacial score (nSPS) is 21.3. The van der Waals surface area contributed by atoms with Gasteiger partial charge in [-0.25, -0.2) is 9.97 Å². The number of likely N-dealkylation sites (tertiary alicyclic amines) is 1. The number of nitrogens with zero attached hydrogens (tertiary/aromatic N) is 3. The van der Waals surface area contributed by atoms with Crippen LogP contribution < -0.4 is 9.47 Å². The molecule has 1 spiro atoms. The molecule has 8 heteroatoms. The van der Waals surface area contributed by atoms with Gasteiger partial charge in [0.15, 0.2) is 0 Å². The molecule has 2 saturated heterocycles. The van der Waals surface area contributed by atoms with Gasteiger partial charge in [-0.2, -0.15) is 0 Å². The van der Waals surface area contributed by atoms with Crippen LogP contribution in [0.3, 0.4) is 0 Å². The second kappa shape index (κ2) is 7.20. The van der Waals surface area contributed by atoms with Gasteiger partial charge in [0.25, 0.3) is 5.91 Å². The van der Waals surface area contributed by atoms with E-state index in [0.29, 0.717) is 42.9 Å². The molecule has 138 valence electrons. The summed E-state index contributed by atoms with van der Waals surface area (Å²) in [5.74, 6) is 0.669. The van der Waals surface area contributed by atoms with E-state index in [1.165, 1.54) is 11.3 Å². The SMILES string of the molecule is CCOc1ccsc1C(=O)N1CC2(C[C@H](Oc3ncccn3)CCO2)C1. The molecule has 4 heterocycles. The van der Waals surface area contributed by atoms with Crippen LogP contribution >= 0.6 is 11.3 Å². The highest BCUT2D eigenvalue weighted by atomic mass is 32.1. The van der Waals surface area contributed by atoms with E-state index >= 15 is 0 Å². The Hall–Kier alpha value is -2.19. The minimum atomic E-state index is -0.323. The quantitative estimate of drug-likeness (QED) is 0.799. The Balaban J connectivity index is 1.36. The lowest BCUT2D eigenvalue weighted by Crippen LogP contribution is -2.67. The van der Waals surface area contributed by atoms with Crippen LogP contribution in [0, 0.1) is 0 Å². The van der Waals surface area contributed by atoms with E-state index in [1.807, 2.05) is 23.3 Å². The van der Waals surface area contributed by atoms with Gasteiger partial charge >= 0.3 is 6.01 Å². The molecular formula is C18H21N3O4S. The third kappa shape index (κ3) is 3.39. The molecule has 0 N–H and O–H groups in total. The van der Waals surface area contributed by atoms with Gasteiger partial charge in [0, 0.05) is 25.2 Å². The number of rotatable bonds is 5. The molecule has 2 aliphatic heterocycles. The highest BCUT2D eigenvalue weighted by Gasteiger charge is 2.50. The Morgan fingerprint density at radius 2 is 2.23 bits per heavy atom. The van der Waals surface area contributed by atoms with Gasteiger partial charge < -0.3 is 19.1 Å². The van der Waals surface area contributed by atoms with Crippen LogP contribution in [0.25, 0.3) is 0 Å². The van der Waals surface area contributed by atoms with E-state index in [9.17, 15) is 4.79 Å². The molecule has 26 heavy (non-hydrogen) atoms. The highest BCUT2D eigenvalue weighted by molar-refractivity contribution is 7.12. The molecule has 2 fully saturated rings. The summed E-state index contributed by atoms with van der Waals surface area (Å²) in [6.45, 7) is 4.22. The summed E-state index contributed by atoms with van der Waals surface area (Å²) in [5.41, 5.74) is -0.323. The van der Waals surface area contributed by atoms with E-state index < -0.39 is 0 Å². The largest absolute Gasteiger partial charge is 0.492 e. The first kappa shape index (κ1) is 17.2. The van der Waals surface area contributed by atoms with E-state index in [1.54, 1.807) is 18.5 Å². The van der Waals surface area contributed by atoms with Crippen molar-refractivity contribution in [2.24, 2.45) is 0 Å². The van der Waals surface area contributed by atoms with E-state index in [0.717, 1.165) is 12.8 Å². The maximum Gasteiger partial charge on any atom is 0.316 e. The van der Waals surface area contributed by atoms with Crippen LogP contribution in [-0.4, -0.2) is 58.8 Å². The van der Waals surface area contributed by atoms with Gasteiger partial charge in [0.05, 0.1) is 26.3 Å². The zero-order chi connectivity index (χ0) is 18.0. The number of amides is 1. The predicted molar refractivity (Wildman–Crippen MR) is 95.8 cm³/mol. The van der Waals surface area contributed by atoms with Crippen molar-refractivity contribution in [2.75, 3.05) is 26.3 Å². The third-order valence-electron chi connectivity index (χ3n) is 4.63. The molecule has 1 atom stereocenters. The number of hydrogen-bond acceptors (Lipinski definition) is 7. The third-order valence-corrected chi connectivity index (χ3v) is 5.51. The first-order valence-electron chi connectivity index (χ1n) is 8.76. The Morgan fingerprint density at radius 3 is 3.00 bits per heavy atom. The standard InChI is InChI=1S/C18H21N3O4S/c1-2-23-14-5-9-26-15(14)16(22)21-11-18(12-21)10-13(4-8-24-18)25-17-19-6-3-7-20-17/h3,5-7,9,13H,2,4,8,10-12H2,1H3/t13-/m1/s1. The molecule has 2 aliphatic rings. The zero-order valence-electron chi connectivity index (χ0n) is 14.6. The van der Waals surface area contributed by atoms with Crippen LogP contribution in [0.1, 0.15) is 29.4 Å². The molecule has 1 amide bonds. The Kier molecular flexibility index (Phi) is 4.78. The van der Waals surface area contributed by atoms with Gasteiger partial charge in [0.2, 0.25) is 0 Å². The van der Waals surface area contributed by atoms with Crippen LogP contribution in [0.5, 0.6) is 11.8 Å². The van der Waals surface area contributed by atoms with Crippen LogP contribution in [0.2, 0.25) is 0 Å². The topological polar surface area (TPSA) is 73.8 Å². The van der Waals surface area contributed by atoms with E-state index in [-0.39, 0.29) is 17.6 Å². The van der Waals surface area contributed by atoms with Crippen LogP contribution in [-0.2, 0) is 4.74 Å². The summed E-state index contributed by atoms with van der Waals surface area (Å²) >= 11 is 1.41. The molecule has 0 bridgehead atoms. The lowest BCUT2D eigenvalue weighted by atomic mass is 9.84. The van der Waals surface area contributed by atoms with Gasteiger partial charge in [-0.3, -0.25) is 4.79 Å². The summed E-state index contributed by atoms with van der Waals surface area (Å²) in [4.78, 5) is 23.4. The maximum atomic E-state index is 12.7. The molecular weight excluding hydrogens is 354 g/mol. The van der Waals surface area contributed by atoms with Crippen molar-refractivity contribution in [2.45, 2.75) is 31.5 Å². The first-order chi connectivity index (χ1) is 12.7. The minimum Gasteiger partial charge on any atom is -0.492 e. The molecule has 7 nitrogen and oxygen atoms in total. The Labute approximate surface area is 155 Å². The molecule has 0 saturated carbocycles. The molecule has 0 radical (unpaired) electrons. The fraction of sp³-hybridized carbons (Fsp3) is 0.500. The second-order valence-electron chi connectivity index (χ2n) is 6.50. The minimum absolute atomic E-state index is 0.00382. The monoisotopic (exact) mass is 375 g/mol. The van der Waals surface area contributed by atoms with Crippen molar-refractivity contribution in [1.29, 1.82) is 0 Å². The second-order valence-corrected chi connectivity index (χ2v) is 7.42. The average Bonchev–Trinajstić information content (AvgIpc) is 3.09. The number of hydrogen-bond donors (Lipinski definition) is 0. The van der Waals surface area contributed by atoms with E-state index in [4.69, 9.17) is 14.2 Å². The predicted octanol–water partition coefficient (Wildman–Crippen LogP) is 2.39. The Bertz CT molecular complexity index is 761. The highest BCUT2D eigenvalue weighted by Crippen LogP contribution is 2.37. The number of carbonyl (C=O) groups is 1. The molecule has 0 unspecified atom stereocenters. The van der Waals surface area contributed by atoms with Crippen molar-refractivity contribution in [3.05, 3.63) is 34.8 Å². The fourth-order valence-electron chi connectivity index (χ4n) is 3.46.